The third-order valence-electron chi connectivity index (χ3n) is 3.93. The molecule has 1 aromatic heterocycles. The highest BCUT2D eigenvalue weighted by Crippen LogP contribution is 2.32. The lowest BCUT2D eigenvalue weighted by Gasteiger charge is -2.15. The Morgan fingerprint density at radius 3 is 2.75 bits per heavy atom. The van der Waals surface area contributed by atoms with E-state index < -0.39 is 0 Å². The second-order valence-corrected chi connectivity index (χ2v) is 7.19. The van der Waals surface area contributed by atoms with Crippen LogP contribution in [0.4, 0.5) is 5.13 Å². The smallest absolute Gasteiger partial charge is 0.253 e. The molecular weight excluding hydrogens is 340 g/mol. The van der Waals surface area contributed by atoms with Gasteiger partial charge in [0.05, 0.1) is 5.69 Å². The van der Waals surface area contributed by atoms with Gasteiger partial charge in [-0.25, -0.2) is 4.98 Å². The number of halogens is 1. The summed E-state index contributed by atoms with van der Waals surface area (Å²) in [6, 6.07) is 7.38. The lowest BCUT2D eigenvalue weighted by Crippen LogP contribution is -2.29. The molecule has 5 heteroatoms. The van der Waals surface area contributed by atoms with E-state index in [0.29, 0.717) is 11.6 Å². The Morgan fingerprint density at radius 1 is 1.29 bits per heavy atom. The first kappa shape index (κ1) is 16.9. The van der Waals surface area contributed by atoms with Crippen molar-refractivity contribution >= 4 is 40.1 Å². The molecular formula is C19H19ClN2OS. The third kappa shape index (κ3) is 3.94. The molecule has 0 spiro atoms. The first-order valence-electron chi connectivity index (χ1n) is 8.02. The summed E-state index contributed by atoms with van der Waals surface area (Å²) < 4.78 is 0. The van der Waals surface area contributed by atoms with Crippen LogP contribution in [0.15, 0.2) is 43.0 Å². The molecule has 0 bridgehead atoms. The Balaban J connectivity index is 1.79. The summed E-state index contributed by atoms with van der Waals surface area (Å²) in [5.74, 6) is -0.0871. The monoisotopic (exact) mass is 358 g/mol. The van der Waals surface area contributed by atoms with Crippen LogP contribution < -0.4 is 4.90 Å². The molecule has 3 rings (SSSR count). The van der Waals surface area contributed by atoms with Gasteiger partial charge in [-0.15, -0.1) is 17.9 Å². The molecule has 0 radical (unpaired) electrons. The number of thiazole rings is 1. The maximum atomic E-state index is 12.6. The van der Waals surface area contributed by atoms with Crippen LogP contribution in [0.3, 0.4) is 0 Å². The molecule has 2 aromatic rings. The molecule has 1 aliphatic carbocycles. The Labute approximate surface area is 151 Å². The van der Waals surface area contributed by atoms with Gasteiger partial charge >= 0.3 is 0 Å². The van der Waals surface area contributed by atoms with E-state index in [1.54, 1.807) is 34.5 Å². The zero-order valence-electron chi connectivity index (χ0n) is 13.4. The number of nitrogens with zero attached hydrogens (tertiary/aromatic N) is 2. The number of benzene rings is 1. The number of amides is 1. The van der Waals surface area contributed by atoms with Crippen LogP contribution in [0.1, 0.15) is 29.0 Å². The van der Waals surface area contributed by atoms with Gasteiger partial charge in [-0.3, -0.25) is 9.69 Å². The lowest BCUT2D eigenvalue weighted by atomic mass is 10.0. The zero-order valence-corrected chi connectivity index (χ0v) is 14.9. The fraction of sp³-hybridized carbons (Fsp3) is 0.263. The Hall–Kier alpha value is -1.91. The molecule has 3 nitrogen and oxygen atoms in total. The van der Waals surface area contributed by atoms with Gasteiger partial charge in [-0.2, -0.15) is 0 Å². The number of hydrogen-bond acceptors (Lipinski definition) is 3. The van der Waals surface area contributed by atoms with Gasteiger partial charge in [-0.1, -0.05) is 29.8 Å². The van der Waals surface area contributed by atoms with Crippen LogP contribution in [-0.4, -0.2) is 17.4 Å². The molecule has 1 aromatic carbocycles. The van der Waals surface area contributed by atoms with Gasteiger partial charge < -0.3 is 0 Å². The standard InChI is InChI=1S/C19H19ClN2OS/c1-2-13-22(19-21-16-5-3-4-6-17(16)24-19)18(23)12-9-14-7-10-15(20)11-8-14/h2,7-12H,1,3-6,13H2/b12-9+. The molecule has 1 aliphatic rings. The van der Waals surface area contributed by atoms with E-state index in [4.69, 9.17) is 11.6 Å². The second-order valence-electron chi connectivity index (χ2n) is 5.70. The predicted molar refractivity (Wildman–Crippen MR) is 102 cm³/mol. The van der Waals surface area contributed by atoms with Gasteiger partial charge in [0.1, 0.15) is 0 Å². The largest absolute Gasteiger partial charge is 0.281 e. The number of rotatable bonds is 5. The van der Waals surface area contributed by atoms with Crippen molar-refractivity contribution in [2.45, 2.75) is 25.7 Å². The van der Waals surface area contributed by atoms with Crippen molar-refractivity contribution in [3.8, 4) is 0 Å². The molecule has 0 aliphatic heterocycles. The van der Waals surface area contributed by atoms with E-state index in [1.165, 1.54) is 17.7 Å². The number of fused-ring (bicyclic) bond motifs is 1. The second kappa shape index (κ2) is 7.77. The molecule has 0 saturated carbocycles. The lowest BCUT2D eigenvalue weighted by molar-refractivity contribution is -0.114. The van der Waals surface area contributed by atoms with E-state index in [2.05, 4.69) is 11.6 Å². The van der Waals surface area contributed by atoms with E-state index in [9.17, 15) is 4.79 Å². The van der Waals surface area contributed by atoms with Crippen LogP contribution in [0, 0.1) is 0 Å². The van der Waals surface area contributed by atoms with Gasteiger partial charge in [-0.05, 0) is 49.5 Å². The Morgan fingerprint density at radius 2 is 2.04 bits per heavy atom. The SMILES string of the molecule is C=CCN(C(=O)/C=C/c1ccc(Cl)cc1)c1nc2c(s1)CCCC2. The number of anilines is 1. The van der Waals surface area contributed by atoms with E-state index in [1.807, 2.05) is 24.3 Å². The highest BCUT2D eigenvalue weighted by atomic mass is 35.5. The average Bonchev–Trinajstić information content (AvgIpc) is 3.02. The highest BCUT2D eigenvalue weighted by molar-refractivity contribution is 7.16. The summed E-state index contributed by atoms with van der Waals surface area (Å²) in [6.45, 7) is 4.22. The predicted octanol–water partition coefficient (Wildman–Crippen LogP) is 4.91. The topological polar surface area (TPSA) is 33.2 Å². The van der Waals surface area contributed by atoms with Gasteiger partial charge in [0, 0.05) is 22.5 Å². The third-order valence-corrected chi connectivity index (χ3v) is 5.36. The van der Waals surface area contributed by atoms with Gasteiger partial charge in [0.25, 0.3) is 5.91 Å². The number of aryl methyl sites for hydroxylation is 2. The number of carbonyl (C=O) groups is 1. The number of aromatic nitrogens is 1. The van der Waals surface area contributed by atoms with Crippen molar-refractivity contribution in [3.05, 3.63) is 64.2 Å². The quantitative estimate of drug-likeness (QED) is 0.562. The summed E-state index contributed by atoms with van der Waals surface area (Å²) in [7, 11) is 0. The molecule has 0 atom stereocenters. The van der Waals surface area contributed by atoms with Crippen molar-refractivity contribution in [2.24, 2.45) is 0 Å². The Bertz CT molecular complexity index is 741. The van der Waals surface area contributed by atoms with Gasteiger partial charge in [0.2, 0.25) is 0 Å². The van der Waals surface area contributed by atoms with Crippen LogP contribution in [0.2, 0.25) is 5.02 Å². The number of hydrogen-bond donors (Lipinski definition) is 0. The van der Waals surface area contributed by atoms with Crippen molar-refractivity contribution in [2.75, 3.05) is 11.4 Å². The summed E-state index contributed by atoms with van der Waals surface area (Å²) >= 11 is 7.51. The van der Waals surface area contributed by atoms with Gasteiger partial charge in [0.15, 0.2) is 5.13 Å². The molecule has 124 valence electrons. The minimum atomic E-state index is -0.0871. The van der Waals surface area contributed by atoms with Crippen LogP contribution in [-0.2, 0) is 17.6 Å². The van der Waals surface area contributed by atoms with E-state index in [-0.39, 0.29) is 5.91 Å². The first-order chi connectivity index (χ1) is 11.7. The summed E-state index contributed by atoms with van der Waals surface area (Å²) in [5.41, 5.74) is 2.09. The number of carbonyl (C=O) groups excluding carboxylic acids is 1. The maximum absolute atomic E-state index is 12.6. The molecule has 24 heavy (non-hydrogen) atoms. The minimum absolute atomic E-state index is 0.0871. The summed E-state index contributed by atoms with van der Waals surface area (Å²) in [4.78, 5) is 20.3. The van der Waals surface area contributed by atoms with Crippen molar-refractivity contribution in [1.29, 1.82) is 0 Å². The van der Waals surface area contributed by atoms with Crippen molar-refractivity contribution in [1.82, 2.24) is 4.98 Å². The zero-order chi connectivity index (χ0) is 16.9. The van der Waals surface area contributed by atoms with E-state index in [0.717, 1.165) is 29.2 Å². The fourth-order valence-electron chi connectivity index (χ4n) is 2.68. The van der Waals surface area contributed by atoms with Crippen LogP contribution in [0.25, 0.3) is 6.08 Å². The Kier molecular flexibility index (Phi) is 5.48. The highest BCUT2D eigenvalue weighted by Gasteiger charge is 2.21. The minimum Gasteiger partial charge on any atom is -0.281 e. The maximum Gasteiger partial charge on any atom is 0.253 e. The molecule has 0 fully saturated rings. The summed E-state index contributed by atoms with van der Waals surface area (Å²) in [6.07, 6.45) is 9.58. The van der Waals surface area contributed by atoms with E-state index >= 15 is 0 Å². The fourth-order valence-corrected chi connectivity index (χ4v) is 3.97. The average molecular weight is 359 g/mol. The molecule has 0 saturated heterocycles. The van der Waals surface area contributed by atoms with Crippen LogP contribution >= 0.6 is 22.9 Å². The summed E-state index contributed by atoms with van der Waals surface area (Å²) in [5, 5.41) is 1.45. The van der Waals surface area contributed by atoms with Crippen LogP contribution in [0.5, 0.6) is 0 Å². The van der Waals surface area contributed by atoms with Crippen molar-refractivity contribution < 1.29 is 4.79 Å². The molecule has 1 heterocycles. The molecule has 0 unspecified atom stereocenters. The normalized spacial score (nSPS) is 13.7. The molecule has 0 N–H and O–H groups in total. The first-order valence-corrected chi connectivity index (χ1v) is 9.21. The van der Waals surface area contributed by atoms with Crippen molar-refractivity contribution in [3.63, 3.8) is 0 Å². The molecule has 1 amide bonds.